The number of hydrogen-bond donors (Lipinski definition) is 0. The number of benzene rings is 4. The Morgan fingerprint density at radius 1 is 0.390 bits per heavy atom. The molecule has 0 unspecified atom stereocenters. The Labute approximate surface area is 252 Å². The SMILES string of the molecule is Cc1cc(C)cc(P(c2cc(C)cc(C)c2)N(C2CCCCC2)P(c2cc(C)cc(C)c2)c2cc(C)cc(C)c2)c1. The second-order valence-corrected chi connectivity index (χ2v) is 17.1. The minimum absolute atomic E-state index is 0.559. The van der Waals surface area contributed by atoms with Crippen molar-refractivity contribution in [3.63, 3.8) is 0 Å². The monoisotopic (exact) mass is 579 g/mol. The molecule has 0 N–H and O–H groups in total. The lowest BCUT2D eigenvalue weighted by atomic mass is 9.96. The van der Waals surface area contributed by atoms with Crippen molar-refractivity contribution in [3.05, 3.63) is 117 Å². The van der Waals surface area contributed by atoms with Gasteiger partial charge in [0.05, 0.1) is 0 Å². The Morgan fingerprint density at radius 3 is 0.878 bits per heavy atom. The zero-order chi connectivity index (χ0) is 29.3. The molecule has 5 rings (SSSR count). The maximum Gasteiger partial charge on any atom is 0.0326 e. The van der Waals surface area contributed by atoms with Crippen LogP contribution >= 0.6 is 16.1 Å². The normalized spacial score (nSPS) is 14.4. The summed E-state index contributed by atoms with van der Waals surface area (Å²) in [5.41, 5.74) is 10.9. The van der Waals surface area contributed by atoms with Crippen LogP contribution in [0.3, 0.4) is 0 Å². The molecule has 3 heteroatoms. The van der Waals surface area contributed by atoms with Crippen molar-refractivity contribution in [2.45, 2.75) is 93.5 Å². The molecule has 1 fully saturated rings. The first-order valence-corrected chi connectivity index (χ1v) is 17.9. The van der Waals surface area contributed by atoms with E-state index in [9.17, 15) is 0 Å². The van der Waals surface area contributed by atoms with Crippen LogP contribution in [-0.4, -0.2) is 10.5 Å². The van der Waals surface area contributed by atoms with Gasteiger partial charge in [0.1, 0.15) is 0 Å². The van der Waals surface area contributed by atoms with E-state index in [1.807, 2.05) is 0 Å². The van der Waals surface area contributed by atoms with E-state index in [0.29, 0.717) is 6.04 Å². The van der Waals surface area contributed by atoms with Crippen LogP contribution < -0.4 is 21.2 Å². The molecular weight excluding hydrogens is 532 g/mol. The molecule has 214 valence electrons. The largest absolute Gasteiger partial charge is 0.242 e. The van der Waals surface area contributed by atoms with Crippen LogP contribution in [0, 0.1) is 55.4 Å². The average Bonchev–Trinajstić information content (AvgIpc) is 2.86. The predicted molar refractivity (Wildman–Crippen MR) is 185 cm³/mol. The quantitative estimate of drug-likeness (QED) is 0.197. The summed E-state index contributed by atoms with van der Waals surface area (Å²) < 4.78 is 3.08. The van der Waals surface area contributed by atoms with Gasteiger partial charge in [-0.15, -0.1) is 0 Å². The van der Waals surface area contributed by atoms with Gasteiger partial charge in [-0.05, 0) is 138 Å². The molecule has 1 aliphatic rings. The molecule has 0 radical (unpaired) electrons. The van der Waals surface area contributed by atoms with Crippen molar-refractivity contribution in [2.75, 3.05) is 0 Å². The van der Waals surface area contributed by atoms with Gasteiger partial charge in [0.25, 0.3) is 0 Å². The van der Waals surface area contributed by atoms with Gasteiger partial charge in [0, 0.05) is 22.2 Å². The molecule has 0 saturated heterocycles. The molecule has 0 atom stereocenters. The maximum absolute atomic E-state index is 3.08. The van der Waals surface area contributed by atoms with Crippen LogP contribution in [-0.2, 0) is 0 Å². The highest BCUT2D eigenvalue weighted by molar-refractivity contribution is 7.84. The molecule has 0 heterocycles. The van der Waals surface area contributed by atoms with E-state index in [1.165, 1.54) is 97.8 Å². The molecular formula is C38H47NP2. The summed E-state index contributed by atoms with van der Waals surface area (Å²) in [6, 6.07) is 29.8. The van der Waals surface area contributed by atoms with Crippen molar-refractivity contribution in [2.24, 2.45) is 0 Å². The van der Waals surface area contributed by atoms with E-state index >= 15 is 0 Å². The van der Waals surface area contributed by atoms with Gasteiger partial charge in [0.2, 0.25) is 0 Å². The molecule has 0 aromatic heterocycles. The van der Waals surface area contributed by atoms with E-state index < -0.39 is 16.1 Å². The molecule has 0 aliphatic heterocycles. The Bertz CT molecular complexity index is 1240. The summed E-state index contributed by atoms with van der Waals surface area (Å²) in [6.07, 6.45) is 6.58. The van der Waals surface area contributed by atoms with Crippen LogP contribution in [0.5, 0.6) is 0 Å². The number of rotatable bonds is 7. The van der Waals surface area contributed by atoms with Crippen LogP contribution in [0.15, 0.2) is 72.8 Å². The van der Waals surface area contributed by atoms with E-state index in [1.54, 1.807) is 0 Å². The Balaban J connectivity index is 1.85. The Hall–Kier alpha value is -2.30. The van der Waals surface area contributed by atoms with Crippen molar-refractivity contribution in [1.82, 2.24) is 4.44 Å². The molecule has 0 amide bonds. The average molecular weight is 580 g/mol. The second-order valence-electron chi connectivity index (χ2n) is 12.6. The third-order valence-electron chi connectivity index (χ3n) is 8.12. The standard InChI is InChI=1S/C38H47NP2/c1-26-14-27(2)19-35(18-26)40(36-20-28(3)15-29(4)21-36)39(34-12-10-9-11-13-34)41(37-22-30(5)16-31(6)23-37)38-24-32(7)17-33(8)25-38/h14-25,34H,9-13H2,1-8H3. The maximum atomic E-state index is 3.08. The van der Waals surface area contributed by atoms with E-state index in [-0.39, 0.29) is 0 Å². The number of aryl methyl sites for hydroxylation is 8. The van der Waals surface area contributed by atoms with E-state index in [0.717, 1.165) is 0 Å². The van der Waals surface area contributed by atoms with Crippen molar-refractivity contribution in [3.8, 4) is 0 Å². The van der Waals surface area contributed by atoms with E-state index in [4.69, 9.17) is 0 Å². The summed E-state index contributed by atoms with van der Waals surface area (Å²) >= 11 is 0. The lowest BCUT2D eigenvalue weighted by Gasteiger charge is -2.45. The third kappa shape index (κ3) is 7.20. The molecule has 0 spiro atoms. The van der Waals surface area contributed by atoms with Crippen molar-refractivity contribution in [1.29, 1.82) is 0 Å². The highest BCUT2D eigenvalue weighted by atomic mass is 31.2. The van der Waals surface area contributed by atoms with Gasteiger partial charge in [0.15, 0.2) is 0 Å². The number of nitrogens with zero attached hydrogens (tertiary/aromatic N) is 1. The summed E-state index contributed by atoms with van der Waals surface area (Å²) in [5, 5.41) is 5.98. The van der Waals surface area contributed by atoms with Crippen LogP contribution in [0.1, 0.15) is 76.6 Å². The molecule has 0 bridgehead atoms. The first-order chi connectivity index (χ1) is 19.6. The van der Waals surface area contributed by atoms with Gasteiger partial charge in [-0.3, -0.25) is 0 Å². The molecule has 41 heavy (non-hydrogen) atoms. The Kier molecular flexibility index (Phi) is 9.50. The van der Waals surface area contributed by atoms with Crippen molar-refractivity contribution < 1.29 is 0 Å². The highest BCUT2D eigenvalue weighted by Gasteiger charge is 2.38. The third-order valence-corrected chi connectivity index (χ3v) is 13.7. The molecule has 1 saturated carbocycles. The van der Waals surface area contributed by atoms with E-state index in [2.05, 4.69) is 133 Å². The van der Waals surface area contributed by atoms with Crippen LogP contribution in [0.25, 0.3) is 0 Å². The minimum Gasteiger partial charge on any atom is -0.242 e. The lowest BCUT2D eigenvalue weighted by Crippen LogP contribution is -2.39. The van der Waals surface area contributed by atoms with Gasteiger partial charge in [-0.1, -0.05) is 88.0 Å². The fraction of sp³-hybridized carbons (Fsp3) is 0.368. The zero-order valence-electron chi connectivity index (χ0n) is 26.4. The first kappa shape index (κ1) is 30.2. The molecule has 4 aromatic rings. The van der Waals surface area contributed by atoms with Gasteiger partial charge in [-0.2, -0.15) is 0 Å². The fourth-order valence-electron chi connectivity index (χ4n) is 6.79. The molecule has 1 nitrogen and oxygen atoms in total. The summed E-state index contributed by atoms with van der Waals surface area (Å²) in [4.78, 5) is 0. The fourth-order valence-corrected chi connectivity index (χ4v) is 14.0. The minimum atomic E-state index is -0.765. The predicted octanol–water partition coefficient (Wildman–Crippen LogP) is 9.18. The number of hydrogen-bond acceptors (Lipinski definition) is 1. The summed E-state index contributed by atoms with van der Waals surface area (Å²) in [6.45, 7) is 18.2. The zero-order valence-corrected chi connectivity index (χ0v) is 28.2. The molecule has 1 aliphatic carbocycles. The molecule has 4 aromatic carbocycles. The first-order valence-electron chi connectivity index (χ1n) is 15.3. The second kappa shape index (κ2) is 12.9. The Morgan fingerprint density at radius 2 is 0.634 bits per heavy atom. The topological polar surface area (TPSA) is 3.24 Å². The lowest BCUT2D eigenvalue weighted by molar-refractivity contribution is 0.355. The van der Waals surface area contributed by atoms with Crippen LogP contribution in [0.4, 0.5) is 0 Å². The van der Waals surface area contributed by atoms with Crippen LogP contribution in [0.2, 0.25) is 0 Å². The van der Waals surface area contributed by atoms with Gasteiger partial charge < -0.3 is 0 Å². The summed E-state index contributed by atoms with van der Waals surface area (Å²) in [5.74, 6) is 0. The van der Waals surface area contributed by atoms with Gasteiger partial charge >= 0.3 is 0 Å². The summed E-state index contributed by atoms with van der Waals surface area (Å²) in [7, 11) is -1.53. The highest BCUT2D eigenvalue weighted by Crippen LogP contribution is 2.58. The van der Waals surface area contributed by atoms with Gasteiger partial charge in [-0.25, -0.2) is 4.44 Å². The smallest absolute Gasteiger partial charge is 0.0326 e. The van der Waals surface area contributed by atoms with Crippen molar-refractivity contribution >= 4 is 37.4 Å².